The van der Waals surface area contributed by atoms with Crippen LogP contribution in [0.3, 0.4) is 0 Å². The molecule has 0 unspecified atom stereocenters. The summed E-state index contributed by atoms with van der Waals surface area (Å²) in [5.74, 6) is 0.602. The maximum absolute atomic E-state index is 9.98. The molecule has 0 atom stereocenters. The van der Waals surface area contributed by atoms with Crippen LogP contribution in [0.25, 0.3) is 17.1 Å². The van der Waals surface area contributed by atoms with Crippen LogP contribution in [-0.2, 0) is 0 Å². The number of imidazole rings is 1. The van der Waals surface area contributed by atoms with Crippen LogP contribution in [0.4, 0.5) is 0 Å². The highest BCUT2D eigenvalue weighted by Gasteiger charge is 2.37. The topological polar surface area (TPSA) is 65.4 Å². The van der Waals surface area contributed by atoms with E-state index in [0.29, 0.717) is 5.82 Å². The van der Waals surface area contributed by atoms with Gasteiger partial charge in [0, 0.05) is 11.3 Å². The molecule has 1 aromatic heterocycles. The number of hydrogen-bond acceptors (Lipinski definition) is 3. The van der Waals surface area contributed by atoms with Gasteiger partial charge in [-0.15, -0.1) is 0 Å². The Bertz CT molecular complexity index is 1520. The van der Waals surface area contributed by atoms with Crippen molar-refractivity contribution in [3.63, 3.8) is 0 Å². The van der Waals surface area contributed by atoms with Crippen LogP contribution in [0.2, 0.25) is 6.55 Å². The first-order chi connectivity index (χ1) is 17.2. The van der Waals surface area contributed by atoms with Crippen LogP contribution in [0.5, 0.6) is 0 Å². The molecule has 0 aliphatic carbocycles. The van der Waals surface area contributed by atoms with Crippen molar-refractivity contribution < 1.29 is 0 Å². The minimum Gasteiger partial charge on any atom is -0.283 e. The molecular formula is C30H22N4Si. The first kappa shape index (κ1) is 22.1. The highest BCUT2D eigenvalue weighted by Crippen LogP contribution is 2.27. The van der Waals surface area contributed by atoms with Crippen molar-refractivity contribution in [1.29, 1.82) is 10.5 Å². The maximum atomic E-state index is 9.98. The average Bonchev–Trinajstić information content (AvgIpc) is 3.33. The molecule has 4 aromatic carbocycles. The van der Waals surface area contributed by atoms with E-state index >= 15 is 0 Å². The molecular weight excluding hydrogens is 444 g/mol. The van der Waals surface area contributed by atoms with Crippen LogP contribution in [-0.4, -0.2) is 17.6 Å². The van der Waals surface area contributed by atoms with E-state index < -0.39 is 8.07 Å². The van der Waals surface area contributed by atoms with Gasteiger partial charge < -0.3 is 0 Å². The largest absolute Gasteiger partial charge is 0.283 e. The van der Waals surface area contributed by atoms with E-state index in [-0.39, 0.29) is 11.4 Å². The quantitative estimate of drug-likeness (QED) is 0.285. The SMILES string of the molecule is C[Si](c1ccccc1)(c1ccccc1)c1ccccc1-c1nc(C#N)c(C#N)n1-c1ccccc1. The van der Waals surface area contributed by atoms with Gasteiger partial charge >= 0.3 is 0 Å². The summed E-state index contributed by atoms with van der Waals surface area (Å²) >= 11 is 0. The van der Waals surface area contributed by atoms with Crippen molar-refractivity contribution in [2.24, 2.45) is 0 Å². The summed E-state index contributed by atoms with van der Waals surface area (Å²) in [7, 11) is -2.48. The first-order valence-electron chi connectivity index (χ1n) is 11.4. The van der Waals surface area contributed by atoms with Crippen molar-refractivity contribution >= 4 is 23.6 Å². The number of rotatable bonds is 5. The smallest absolute Gasteiger partial charge is 0.177 e. The summed E-state index contributed by atoms with van der Waals surface area (Å²) in [5.41, 5.74) is 2.09. The third-order valence-corrected chi connectivity index (χ3v) is 11.0. The minimum atomic E-state index is -2.48. The standard InChI is InChI=1S/C30H22N4Si/c1-35(24-15-7-3-8-16-24,25-17-9-4-10-18-25)29-20-12-11-19-26(29)30-33-27(21-31)28(22-32)34(30)23-13-5-2-6-14-23/h2-20H,1H3. The number of hydrogen-bond donors (Lipinski definition) is 0. The zero-order valence-corrected chi connectivity index (χ0v) is 20.3. The second kappa shape index (κ2) is 9.27. The molecule has 0 amide bonds. The van der Waals surface area contributed by atoms with Crippen molar-refractivity contribution in [2.45, 2.75) is 6.55 Å². The lowest BCUT2D eigenvalue weighted by Crippen LogP contribution is -2.65. The van der Waals surface area contributed by atoms with Crippen molar-refractivity contribution in [3.05, 3.63) is 127 Å². The molecule has 0 spiro atoms. The molecule has 5 heteroatoms. The minimum absolute atomic E-state index is 0.129. The molecule has 0 N–H and O–H groups in total. The Kier molecular flexibility index (Phi) is 5.85. The lowest BCUT2D eigenvalue weighted by Gasteiger charge is -2.31. The Morgan fingerprint density at radius 2 is 1.17 bits per heavy atom. The van der Waals surface area contributed by atoms with Crippen molar-refractivity contribution in [1.82, 2.24) is 9.55 Å². The van der Waals surface area contributed by atoms with Crippen LogP contribution in [0.15, 0.2) is 115 Å². The second-order valence-corrected chi connectivity index (χ2v) is 12.4. The molecule has 0 bridgehead atoms. The Morgan fingerprint density at radius 3 is 1.71 bits per heavy atom. The molecule has 0 fully saturated rings. The van der Waals surface area contributed by atoms with E-state index in [1.54, 1.807) is 0 Å². The van der Waals surface area contributed by atoms with Gasteiger partial charge in [-0.05, 0) is 27.7 Å². The third kappa shape index (κ3) is 3.75. The molecule has 0 saturated carbocycles. The average molecular weight is 467 g/mol. The lowest BCUT2D eigenvalue weighted by molar-refractivity contribution is 1.05. The summed E-state index contributed by atoms with van der Waals surface area (Å²) in [6.45, 7) is 2.35. The van der Waals surface area contributed by atoms with Gasteiger partial charge in [0.1, 0.15) is 26.0 Å². The van der Waals surface area contributed by atoms with Crippen LogP contribution >= 0.6 is 0 Å². The molecule has 166 valence electrons. The molecule has 35 heavy (non-hydrogen) atoms. The summed E-state index contributed by atoms with van der Waals surface area (Å²) in [4.78, 5) is 4.71. The summed E-state index contributed by atoms with van der Waals surface area (Å²) in [6, 6.07) is 43.4. The van der Waals surface area contributed by atoms with Gasteiger partial charge in [-0.2, -0.15) is 10.5 Å². The van der Waals surface area contributed by atoms with Crippen LogP contribution in [0, 0.1) is 22.7 Å². The fourth-order valence-corrected chi connectivity index (χ4v) is 8.58. The number of para-hydroxylation sites is 1. The summed E-state index contributed by atoms with van der Waals surface area (Å²) in [6.07, 6.45) is 0. The lowest BCUT2D eigenvalue weighted by atomic mass is 10.2. The van der Waals surface area contributed by atoms with Gasteiger partial charge in [-0.1, -0.05) is 110 Å². The maximum Gasteiger partial charge on any atom is 0.177 e. The van der Waals surface area contributed by atoms with E-state index in [2.05, 4.69) is 85.4 Å². The molecule has 5 rings (SSSR count). The predicted molar refractivity (Wildman–Crippen MR) is 142 cm³/mol. The van der Waals surface area contributed by atoms with Gasteiger partial charge in [-0.3, -0.25) is 4.57 Å². The van der Waals surface area contributed by atoms with E-state index in [1.807, 2.05) is 53.1 Å². The third-order valence-electron chi connectivity index (χ3n) is 6.51. The van der Waals surface area contributed by atoms with E-state index in [1.165, 1.54) is 15.6 Å². The van der Waals surface area contributed by atoms with Gasteiger partial charge in [0.05, 0.1) is 0 Å². The summed E-state index contributed by atoms with van der Waals surface area (Å²) in [5, 5.41) is 23.5. The Morgan fingerprint density at radius 1 is 0.657 bits per heavy atom. The van der Waals surface area contributed by atoms with Crippen molar-refractivity contribution in [3.8, 4) is 29.2 Å². The van der Waals surface area contributed by atoms with Gasteiger partial charge in [0.15, 0.2) is 11.4 Å². The fourth-order valence-electron chi connectivity index (χ4n) is 4.75. The number of aromatic nitrogens is 2. The van der Waals surface area contributed by atoms with Crippen LogP contribution in [0.1, 0.15) is 11.4 Å². The predicted octanol–water partition coefficient (Wildman–Crippen LogP) is 4.38. The number of nitriles is 2. The second-order valence-electron chi connectivity index (χ2n) is 8.43. The highest BCUT2D eigenvalue weighted by molar-refractivity contribution is 7.11. The molecule has 0 saturated heterocycles. The Labute approximate surface area is 206 Å². The molecule has 0 aliphatic heterocycles. The highest BCUT2D eigenvalue weighted by atomic mass is 28.3. The van der Waals surface area contributed by atoms with Gasteiger partial charge in [0.25, 0.3) is 0 Å². The van der Waals surface area contributed by atoms with Crippen molar-refractivity contribution in [2.75, 3.05) is 0 Å². The Balaban J connectivity index is 1.86. The normalized spacial score (nSPS) is 10.9. The molecule has 0 aliphatic rings. The summed E-state index contributed by atoms with van der Waals surface area (Å²) < 4.78 is 1.81. The van der Waals surface area contributed by atoms with E-state index in [9.17, 15) is 10.5 Å². The van der Waals surface area contributed by atoms with E-state index in [4.69, 9.17) is 4.98 Å². The molecule has 0 radical (unpaired) electrons. The molecule has 4 nitrogen and oxygen atoms in total. The fraction of sp³-hybridized carbons (Fsp3) is 0.0333. The number of benzene rings is 4. The van der Waals surface area contributed by atoms with Gasteiger partial charge in [0.2, 0.25) is 0 Å². The zero-order valence-electron chi connectivity index (χ0n) is 19.3. The monoisotopic (exact) mass is 466 g/mol. The Hall–Kier alpha value is -4.71. The van der Waals surface area contributed by atoms with Crippen LogP contribution < -0.4 is 15.6 Å². The number of nitrogens with zero attached hydrogens (tertiary/aromatic N) is 4. The zero-order chi connectivity index (χ0) is 24.3. The first-order valence-corrected chi connectivity index (χ1v) is 13.9. The molecule has 5 aromatic rings. The van der Waals surface area contributed by atoms with Gasteiger partial charge in [-0.25, -0.2) is 4.98 Å². The molecule has 1 heterocycles. The van der Waals surface area contributed by atoms with E-state index in [0.717, 1.165) is 11.3 Å².